The average Bonchev–Trinajstić information content (AvgIpc) is 2.68. The van der Waals surface area contributed by atoms with E-state index >= 15 is 0 Å². The Morgan fingerprint density at radius 3 is 2.74 bits per heavy atom. The summed E-state index contributed by atoms with van der Waals surface area (Å²) in [7, 11) is 1.63. The minimum Gasteiger partial charge on any atom is -0.493 e. The zero-order valence-electron chi connectivity index (χ0n) is 16.7. The lowest BCUT2D eigenvalue weighted by atomic mass is 9.49. The lowest BCUT2D eigenvalue weighted by Crippen LogP contribution is -2.48. The largest absolute Gasteiger partial charge is 0.493 e. The molecule has 27 heavy (non-hydrogen) atoms. The number of nitrogens with one attached hydrogen (secondary N) is 1. The van der Waals surface area contributed by atoms with Gasteiger partial charge in [-0.2, -0.15) is 0 Å². The van der Waals surface area contributed by atoms with Gasteiger partial charge in [0.15, 0.2) is 11.5 Å². The van der Waals surface area contributed by atoms with E-state index in [1.807, 2.05) is 24.3 Å². The molecule has 0 amide bonds. The van der Waals surface area contributed by atoms with Crippen molar-refractivity contribution >= 4 is 0 Å². The number of para-hydroxylation sites is 2. The molecule has 0 radical (unpaired) electrons. The van der Waals surface area contributed by atoms with Gasteiger partial charge >= 0.3 is 0 Å². The minimum atomic E-state index is -0.511. The molecule has 0 unspecified atom stereocenters. The van der Waals surface area contributed by atoms with Gasteiger partial charge in [0.1, 0.15) is 6.61 Å². The highest BCUT2D eigenvalue weighted by atomic mass is 16.5. The predicted octanol–water partition coefficient (Wildman–Crippen LogP) is 3.03. The van der Waals surface area contributed by atoms with Crippen molar-refractivity contribution in [3.63, 3.8) is 0 Å². The first-order valence-corrected chi connectivity index (χ1v) is 9.93. The first-order valence-electron chi connectivity index (χ1n) is 9.93. The Kier molecular flexibility index (Phi) is 6.79. The zero-order valence-corrected chi connectivity index (χ0v) is 16.7. The van der Waals surface area contributed by atoms with Crippen LogP contribution in [0.3, 0.4) is 0 Å². The number of methoxy groups -OCH3 is 1. The van der Waals surface area contributed by atoms with Gasteiger partial charge in [-0.3, -0.25) is 0 Å². The molecule has 5 nitrogen and oxygen atoms in total. The number of fused-ring (bicyclic) bond motifs is 1. The summed E-state index contributed by atoms with van der Waals surface area (Å²) in [4.78, 5) is 0. The molecular formula is C22H33NO4. The molecule has 5 heteroatoms. The zero-order chi connectivity index (χ0) is 19.3. The lowest BCUT2D eigenvalue weighted by Gasteiger charge is -2.56. The number of allylic oxidation sites excluding steroid dienone is 1. The van der Waals surface area contributed by atoms with Gasteiger partial charge in [0.05, 0.1) is 26.4 Å². The SMILES string of the molecule is COc1ccccc1OCCNC[C@H](O)COCC1=CC[C@H]2C[C@H]1C2(C)C. The molecule has 0 spiro atoms. The first kappa shape index (κ1) is 20.2. The van der Waals surface area contributed by atoms with Crippen molar-refractivity contribution in [3.8, 4) is 11.5 Å². The van der Waals surface area contributed by atoms with E-state index in [1.165, 1.54) is 18.4 Å². The van der Waals surface area contributed by atoms with Crippen LogP contribution in [0.25, 0.3) is 0 Å². The molecule has 2 bridgehead atoms. The molecule has 1 aromatic rings. The Bertz CT molecular complexity index is 643. The third-order valence-corrected chi connectivity index (χ3v) is 6.15. The molecule has 0 saturated heterocycles. The Morgan fingerprint density at radius 1 is 1.26 bits per heavy atom. The van der Waals surface area contributed by atoms with E-state index in [-0.39, 0.29) is 0 Å². The van der Waals surface area contributed by atoms with Crippen molar-refractivity contribution in [1.82, 2.24) is 5.32 Å². The number of aliphatic hydroxyl groups is 1. The van der Waals surface area contributed by atoms with Crippen LogP contribution in [0.5, 0.6) is 11.5 Å². The van der Waals surface area contributed by atoms with Gasteiger partial charge in [-0.1, -0.05) is 32.1 Å². The van der Waals surface area contributed by atoms with Crippen LogP contribution in [0.15, 0.2) is 35.9 Å². The van der Waals surface area contributed by atoms with Gasteiger partial charge in [-0.25, -0.2) is 0 Å². The Morgan fingerprint density at radius 2 is 2.04 bits per heavy atom. The van der Waals surface area contributed by atoms with E-state index in [0.29, 0.717) is 44.2 Å². The maximum Gasteiger partial charge on any atom is 0.161 e. The molecule has 3 aliphatic carbocycles. The Labute approximate surface area is 162 Å². The van der Waals surface area contributed by atoms with E-state index in [2.05, 4.69) is 25.2 Å². The highest BCUT2D eigenvalue weighted by Gasteiger charge is 2.50. The molecule has 0 heterocycles. The number of hydrogen-bond donors (Lipinski definition) is 2. The van der Waals surface area contributed by atoms with Gasteiger partial charge in [-0.05, 0) is 47.8 Å². The summed E-state index contributed by atoms with van der Waals surface area (Å²) in [6, 6.07) is 7.58. The molecule has 150 valence electrons. The topological polar surface area (TPSA) is 60.0 Å². The second-order valence-electron chi connectivity index (χ2n) is 8.19. The van der Waals surface area contributed by atoms with E-state index in [1.54, 1.807) is 7.11 Å². The van der Waals surface area contributed by atoms with Crippen molar-refractivity contribution in [3.05, 3.63) is 35.9 Å². The molecule has 1 aromatic carbocycles. The van der Waals surface area contributed by atoms with Crippen molar-refractivity contribution in [2.24, 2.45) is 17.3 Å². The lowest BCUT2D eigenvalue weighted by molar-refractivity contribution is -0.0235. The van der Waals surface area contributed by atoms with Crippen molar-refractivity contribution in [2.75, 3.05) is 40.0 Å². The Balaban J connectivity index is 1.26. The summed E-state index contributed by atoms with van der Waals surface area (Å²) in [5.41, 5.74) is 1.85. The molecule has 2 N–H and O–H groups in total. The fourth-order valence-electron chi connectivity index (χ4n) is 4.25. The summed E-state index contributed by atoms with van der Waals surface area (Å²) in [6.07, 6.45) is 4.32. The third-order valence-electron chi connectivity index (χ3n) is 6.15. The molecule has 1 saturated carbocycles. The van der Waals surface area contributed by atoms with Crippen LogP contribution in [-0.4, -0.2) is 51.2 Å². The number of aliphatic hydroxyl groups excluding tert-OH is 1. The maximum atomic E-state index is 10.1. The van der Waals surface area contributed by atoms with E-state index in [4.69, 9.17) is 14.2 Å². The van der Waals surface area contributed by atoms with Crippen LogP contribution < -0.4 is 14.8 Å². The van der Waals surface area contributed by atoms with Crippen molar-refractivity contribution < 1.29 is 19.3 Å². The van der Waals surface area contributed by atoms with Crippen LogP contribution >= 0.6 is 0 Å². The molecular weight excluding hydrogens is 342 g/mol. The number of benzene rings is 1. The summed E-state index contributed by atoms with van der Waals surface area (Å²) in [5.74, 6) is 2.97. The number of ether oxygens (including phenoxy) is 3. The molecule has 4 rings (SSSR count). The number of rotatable bonds is 11. The number of hydrogen-bond acceptors (Lipinski definition) is 5. The normalized spacial score (nSPS) is 23.9. The third kappa shape index (κ3) is 4.84. The summed E-state index contributed by atoms with van der Waals surface area (Å²) < 4.78 is 16.7. The van der Waals surface area contributed by atoms with Gasteiger partial charge in [-0.15, -0.1) is 0 Å². The molecule has 3 atom stereocenters. The van der Waals surface area contributed by atoms with E-state index in [9.17, 15) is 5.11 Å². The minimum absolute atomic E-state index is 0.355. The second-order valence-corrected chi connectivity index (χ2v) is 8.19. The molecule has 0 aromatic heterocycles. The highest BCUT2D eigenvalue weighted by molar-refractivity contribution is 5.39. The summed E-state index contributed by atoms with van der Waals surface area (Å²) in [6.45, 7) is 7.39. The molecule has 0 aliphatic heterocycles. The summed E-state index contributed by atoms with van der Waals surface area (Å²) >= 11 is 0. The van der Waals surface area contributed by atoms with E-state index < -0.39 is 6.10 Å². The molecule has 1 fully saturated rings. The first-order chi connectivity index (χ1) is 13.0. The average molecular weight is 376 g/mol. The van der Waals surface area contributed by atoms with Crippen LogP contribution in [0.1, 0.15) is 26.7 Å². The van der Waals surface area contributed by atoms with Gasteiger partial charge in [0.2, 0.25) is 0 Å². The molecule has 3 aliphatic rings. The van der Waals surface area contributed by atoms with Crippen molar-refractivity contribution in [2.45, 2.75) is 32.8 Å². The standard InChI is InChI=1S/C22H33NO4/c1-22(2)17-9-8-16(19(22)12-17)14-26-15-18(24)13-23-10-11-27-21-7-5-4-6-20(21)25-3/h4-8,17-19,23-24H,9-15H2,1-3H3/t17-,18-,19+/m0/s1. The van der Waals surface area contributed by atoms with Gasteiger partial charge in [0, 0.05) is 13.1 Å². The quantitative estimate of drug-likeness (QED) is 0.460. The second kappa shape index (κ2) is 9.09. The van der Waals surface area contributed by atoms with Crippen LogP contribution in [0.4, 0.5) is 0 Å². The Hall–Kier alpha value is -1.56. The maximum absolute atomic E-state index is 10.1. The van der Waals surface area contributed by atoms with Crippen LogP contribution in [0, 0.1) is 17.3 Å². The fraction of sp³-hybridized carbons (Fsp3) is 0.636. The monoisotopic (exact) mass is 375 g/mol. The summed E-state index contributed by atoms with van der Waals surface area (Å²) in [5, 5.41) is 13.3. The fourth-order valence-corrected chi connectivity index (χ4v) is 4.25. The van der Waals surface area contributed by atoms with Gasteiger partial charge < -0.3 is 24.6 Å². The smallest absolute Gasteiger partial charge is 0.161 e. The van der Waals surface area contributed by atoms with E-state index in [0.717, 1.165) is 17.4 Å². The van der Waals surface area contributed by atoms with Crippen LogP contribution in [-0.2, 0) is 4.74 Å². The van der Waals surface area contributed by atoms with Gasteiger partial charge in [0.25, 0.3) is 0 Å². The highest BCUT2D eigenvalue weighted by Crippen LogP contribution is 2.59. The predicted molar refractivity (Wildman–Crippen MR) is 106 cm³/mol. The van der Waals surface area contributed by atoms with Crippen molar-refractivity contribution in [1.29, 1.82) is 0 Å². The van der Waals surface area contributed by atoms with Crippen LogP contribution in [0.2, 0.25) is 0 Å².